The molecule has 3 heteroatoms. The number of aryl methyl sites for hydroxylation is 1. The lowest BCUT2D eigenvalue weighted by atomic mass is 9.95. The van der Waals surface area contributed by atoms with Gasteiger partial charge in [0.25, 0.3) is 0 Å². The number of hydrogen-bond donors (Lipinski definition) is 1. The zero-order chi connectivity index (χ0) is 13.8. The number of nitrogens with one attached hydrogen (secondary N) is 1. The Balaban J connectivity index is 2.03. The van der Waals surface area contributed by atoms with Crippen LogP contribution in [0, 0.1) is 0 Å². The van der Waals surface area contributed by atoms with Crippen LogP contribution in [0.15, 0.2) is 42.5 Å². The summed E-state index contributed by atoms with van der Waals surface area (Å²) in [7, 11) is 0. The van der Waals surface area contributed by atoms with E-state index in [9.17, 15) is 0 Å². The zero-order valence-corrected chi connectivity index (χ0v) is 11.8. The summed E-state index contributed by atoms with van der Waals surface area (Å²) in [4.78, 5) is 0. The normalized spacial score (nSPS) is 11.1. The number of fused-ring (bicyclic) bond motifs is 1. The minimum atomic E-state index is 0.922. The van der Waals surface area contributed by atoms with Crippen LogP contribution < -0.4 is 0 Å². The lowest BCUT2D eigenvalue weighted by molar-refractivity contribution is 0.718. The van der Waals surface area contributed by atoms with Crippen LogP contribution in [0.3, 0.4) is 0 Å². The fraction of sp³-hybridized carbons (Fsp3) is 0.294. The largest absolute Gasteiger partial charge is 0.197 e. The SMILES string of the molecule is CCCCCc1ccccc1-c1cccc2n[nH]nc12. The molecule has 0 aliphatic carbocycles. The van der Waals surface area contributed by atoms with Crippen molar-refractivity contribution in [3.63, 3.8) is 0 Å². The van der Waals surface area contributed by atoms with Crippen molar-refractivity contribution in [2.75, 3.05) is 0 Å². The molecule has 0 amide bonds. The topological polar surface area (TPSA) is 41.6 Å². The molecule has 102 valence electrons. The van der Waals surface area contributed by atoms with Gasteiger partial charge in [-0.15, -0.1) is 0 Å². The van der Waals surface area contributed by atoms with Crippen molar-refractivity contribution < 1.29 is 0 Å². The lowest BCUT2D eigenvalue weighted by Gasteiger charge is -2.09. The van der Waals surface area contributed by atoms with E-state index in [1.807, 2.05) is 12.1 Å². The molecule has 3 aromatic rings. The van der Waals surface area contributed by atoms with Gasteiger partial charge in [-0.05, 0) is 30.0 Å². The van der Waals surface area contributed by atoms with Crippen LogP contribution in [0.2, 0.25) is 0 Å². The van der Waals surface area contributed by atoms with Crippen molar-refractivity contribution in [3.05, 3.63) is 48.0 Å². The monoisotopic (exact) mass is 265 g/mol. The van der Waals surface area contributed by atoms with Gasteiger partial charge in [-0.1, -0.05) is 56.2 Å². The highest BCUT2D eigenvalue weighted by molar-refractivity contribution is 5.92. The molecular weight excluding hydrogens is 246 g/mol. The van der Waals surface area contributed by atoms with Crippen molar-refractivity contribution >= 4 is 11.0 Å². The van der Waals surface area contributed by atoms with Gasteiger partial charge in [0.1, 0.15) is 11.0 Å². The fourth-order valence-electron chi connectivity index (χ4n) is 2.65. The Hall–Kier alpha value is -2.16. The number of aromatic amines is 1. The molecule has 0 saturated heterocycles. The van der Waals surface area contributed by atoms with Crippen molar-refractivity contribution in [3.8, 4) is 11.1 Å². The van der Waals surface area contributed by atoms with Gasteiger partial charge < -0.3 is 0 Å². The highest BCUT2D eigenvalue weighted by Gasteiger charge is 2.10. The number of aromatic nitrogens is 3. The third kappa shape index (κ3) is 2.44. The van der Waals surface area contributed by atoms with Crippen molar-refractivity contribution in [1.82, 2.24) is 15.4 Å². The smallest absolute Gasteiger partial charge is 0.120 e. The summed E-state index contributed by atoms with van der Waals surface area (Å²) >= 11 is 0. The summed E-state index contributed by atoms with van der Waals surface area (Å²) < 4.78 is 0. The van der Waals surface area contributed by atoms with Gasteiger partial charge in [-0.2, -0.15) is 15.4 Å². The molecule has 20 heavy (non-hydrogen) atoms. The number of hydrogen-bond acceptors (Lipinski definition) is 2. The molecule has 1 heterocycles. The van der Waals surface area contributed by atoms with Crippen molar-refractivity contribution in [2.45, 2.75) is 32.6 Å². The average Bonchev–Trinajstić information content (AvgIpc) is 2.96. The number of para-hydroxylation sites is 1. The van der Waals surface area contributed by atoms with E-state index in [0.717, 1.165) is 17.5 Å². The molecule has 0 aliphatic heterocycles. The van der Waals surface area contributed by atoms with Crippen LogP contribution in [0.5, 0.6) is 0 Å². The number of rotatable bonds is 5. The van der Waals surface area contributed by atoms with Gasteiger partial charge in [0.15, 0.2) is 0 Å². The maximum atomic E-state index is 4.30. The lowest BCUT2D eigenvalue weighted by Crippen LogP contribution is -1.91. The first-order valence-electron chi connectivity index (χ1n) is 7.28. The van der Waals surface area contributed by atoms with Crippen LogP contribution >= 0.6 is 0 Å². The maximum absolute atomic E-state index is 4.30. The summed E-state index contributed by atoms with van der Waals surface area (Å²) in [5, 5.41) is 11.2. The Kier molecular flexibility index (Phi) is 3.77. The molecule has 1 aromatic heterocycles. The second-order valence-electron chi connectivity index (χ2n) is 5.11. The number of unbranched alkanes of at least 4 members (excludes halogenated alkanes) is 2. The van der Waals surface area contributed by atoms with Crippen LogP contribution in [0.1, 0.15) is 31.7 Å². The second-order valence-corrected chi connectivity index (χ2v) is 5.11. The highest BCUT2D eigenvalue weighted by Crippen LogP contribution is 2.29. The van der Waals surface area contributed by atoms with Crippen LogP contribution in [0.4, 0.5) is 0 Å². The minimum absolute atomic E-state index is 0.922. The fourth-order valence-corrected chi connectivity index (χ4v) is 2.65. The average molecular weight is 265 g/mol. The Morgan fingerprint density at radius 3 is 2.65 bits per heavy atom. The van der Waals surface area contributed by atoms with E-state index in [-0.39, 0.29) is 0 Å². The highest BCUT2D eigenvalue weighted by atomic mass is 15.3. The molecule has 0 radical (unpaired) electrons. The van der Waals surface area contributed by atoms with Gasteiger partial charge >= 0.3 is 0 Å². The standard InChI is InChI=1S/C17H19N3/c1-2-3-4-8-13-9-5-6-10-14(13)15-11-7-12-16-17(15)19-20-18-16/h5-7,9-12H,2-4,8H2,1H3,(H,18,19,20). The molecule has 0 atom stereocenters. The van der Waals surface area contributed by atoms with Gasteiger partial charge in [0, 0.05) is 5.56 Å². The predicted octanol–water partition coefficient (Wildman–Crippen LogP) is 4.36. The Bertz CT molecular complexity index is 700. The molecule has 0 unspecified atom stereocenters. The van der Waals surface area contributed by atoms with Gasteiger partial charge in [0.05, 0.1) is 0 Å². The third-order valence-electron chi connectivity index (χ3n) is 3.70. The van der Waals surface area contributed by atoms with E-state index in [1.165, 1.54) is 36.0 Å². The summed E-state index contributed by atoms with van der Waals surface area (Å²) in [5.74, 6) is 0. The molecule has 3 rings (SSSR count). The van der Waals surface area contributed by atoms with E-state index in [0.29, 0.717) is 0 Å². The molecule has 1 N–H and O–H groups in total. The second kappa shape index (κ2) is 5.87. The van der Waals surface area contributed by atoms with Crippen LogP contribution in [-0.4, -0.2) is 15.4 Å². The number of benzene rings is 2. The number of nitrogens with zero attached hydrogens (tertiary/aromatic N) is 2. The van der Waals surface area contributed by atoms with E-state index < -0.39 is 0 Å². The molecule has 2 aromatic carbocycles. The quantitative estimate of drug-likeness (QED) is 0.696. The van der Waals surface area contributed by atoms with Crippen LogP contribution in [0.25, 0.3) is 22.2 Å². The van der Waals surface area contributed by atoms with E-state index in [1.54, 1.807) is 0 Å². The summed E-state index contributed by atoms with van der Waals surface area (Å²) in [5.41, 5.74) is 5.73. The first-order valence-corrected chi connectivity index (χ1v) is 7.28. The summed E-state index contributed by atoms with van der Waals surface area (Å²) in [6, 6.07) is 14.8. The minimum Gasteiger partial charge on any atom is -0.197 e. The molecule has 0 fully saturated rings. The molecule has 0 bridgehead atoms. The Morgan fingerprint density at radius 1 is 0.900 bits per heavy atom. The van der Waals surface area contributed by atoms with Gasteiger partial charge in [-0.3, -0.25) is 0 Å². The Labute approximate surface area is 119 Å². The number of H-pyrrole nitrogens is 1. The molecule has 0 aliphatic rings. The Morgan fingerprint density at radius 2 is 1.75 bits per heavy atom. The van der Waals surface area contributed by atoms with Gasteiger partial charge in [-0.25, -0.2) is 0 Å². The van der Waals surface area contributed by atoms with Crippen LogP contribution in [-0.2, 0) is 6.42 Å². The predicted molar refractivity (Wildman–Crippen MR) is 82.6 cm³/mol. The molecular formula is C17H19N3. The van der Waals surface area contributed by atoms with Crippen molar-refractivity contribution in [2.24, 2.45) is 0 Å². The first kappa shape index (κ1) is 12.9. The third-order valence-corrected chi connectivity index (χ3v) is 3.70. The molecule has 0 saturated carbocycles. The first-order chi connectivity index (χ1) is 9.90. The van der Waals surface area contributed by atoms with Gasteiger partial charge in [0.2, 0.25) is 0 Å². The maximum Gasteiger partial charge on any atom is 0.120 e. The summed E-state index contributed by atoms with van der Waals surface area (Å²) in [6.07, 6.45) is 4.89. The summed E-state index contributed by atoms with van der Waals surface area (Å²) in [6.45, 7) is 2.24. The van der Waals surface area contributed by atoms with E-state index >= 15 is 0 Å². The van der Waals surface area contributed by atoms with E-state index in [4.69, 9.17) is 0 Å². The zero-order valence-electron chi connectivity index (χ0n) is 11.8. The van der Waals surface area contributed by atoms with Crippen molar-refractivity contribution in [1.29, 1.82) is 0 Å². The van der Waals surface area contributed by atoms with E-state index in [2.05, 4.69) is 52.7 Å². The molecule has 3 nitrogen and oxygen atoms in total. The molecule has 0 spiro atoms.